The molecule has 1 aromatic heterocycles. The first kappa shape index (κ1) is 19.7. The fourth-order valence-electron chi connectivity index (χ4n) is 4.07. The Bertz CT molecular complexity index is 1070. The molecule has 0 unspecified atom stereocenters. The number of aromatic nitrogens is 3. The van der Waals surface area contributed by atoms with Crippen molar-refractivity contribution in [3.8, 4) is 11.4 Å². The highest BCUT2D eigenvalue weighted by Gasteiger charge is 2.36. The minimum absolute atomic E-state index is 0.0145. The van der Waals surface area contributed by atoms with Gasteiger partial charge >= 0.3 is 0 Å². The summed E-state index contributed by atoms with van der Waals surface area (Å²) in [6, 6.07) is 14.2. The van der Waals surface area contributed by atoms with Crippen molar-refractivity contribution in [1.29, 1.82) is 0 Å². The molecular formula is C24H25FN4O2. The number of nitrogens with zero attached hydrogens (tertiary/aromatic N) is 4. The van der Waals surface area contributed by atoms with E-state index >= 15 is 0 Å². The predicted molar refractivity (Wildman–Crippen MR) is 114 cm³/mol. The van der Waals surface area contributed by atoms with Crippen molar-refractivity contribution in [3.63, 3.8) is 0 Å². The average molecular weight is 420 g/mol. The Kier molecular flexibility index (Phi) is 5.18. The van der Waals surface area contributed by atoms with Gasteiger partial charge < -0.3 is 9.64 Å². The summed E-state index contributed by atoms with van der Waals surface area (Å²) in [5.74, 6) is 0.663. The number of hydrogen-bond donors (Lipinski definition) is 0. The maximum Gasteiger partial charge on any atom is 0.276 e. The van der Waals surface area contributed by atoms with Crippen LogP contribution in [0.3, 0.4) is 0 Å². The summed E-state index contributed by atoms with van der Waals surface area (Å²) in [6.45, 7) is 3.25. The Morgan fingerprint density at radius 2 is 1.68 bits per heavy atom. The second-order valence-corrected chi connectivity index (χ2v) is 8.41. The third-order valence-corrected chi connectivity index (χ3v) is 6.00. The van der Waals surface area contributed by atoms with Crippen LogP contribution >= 0.6 is 0 Å². The first-order valence-corrected chi connectivity index (χ1v) is 10.8. The summed E-state index contributed by atoms with van der Waals surface area (Å²) >= 11 is 0. The van der Waals surface area contributed by atoms with E-state index in [2.05, 4.69) is 10.3 Å². The summed E-state index contributed by atoms with van der Waals surface area (Å²) in [7, 11) is 0. The van der Waals surface area contributed by atoms with Gasteiger partial charge in [0.25, 0.3) is 5.91 Å². The lowest BCUT2D eigenvalue weighted by Gasteiger charge is -2.32. The molecule has 1 aliphatic heterocycles. The molecule has 5 rings (SSSR count). The number of rotatable bonds is 5. The largest absolute Gasteiger partial charge is 0.490 e. The Balaban J connectivity index is 1.29. The van der Waals surface area contributed by atoms with Crippen molar-refractivity contribution in [2.24, 2.45) is 0 Å². The Hall–Kier alpha value is -3.22. The van der Waals surface area contributed by atoms with Crippen LogP contribution in [0.25, 0.3) is 5.69 Å². The van der Waals surface area contributed by atoms with Crippen LogP contribution in [-0.4, -0.2) is 45.0 Å². The van der Waals surface area contributed by atoms with Crippen LogP contribution in [0.5, 0.6) is 5.75 Å². The quantitative estimate of drug-likeness (QED) is 0.618. The molecular weight excluding hydrogens is 395 g/mol. The van der Waals surface area contributed by atoms with E-state index in [9.17, 15) is 9.18 Å². The first-order valence-electron chi connectivity index (χ1n) is 10.8. The Morgan fingerprint density at radius 1 is 1.00 bits per heavy atom. The van der Waals surface area contributed by atoms with E-state index < -0.39 is 0 Å². The molecule has 0 N–H and O–H groups in total. The van der Waals surface area contributed by atoms with Crippen LogP contribution in [0.15, 0.2) is 48.5 Å². The molecule has 0 atom stereocenters. The molecule has 0 spiro atoms. The predicted octanol–water partition coefficient (Wildman–Crippen LogP) is 4.28. The van der Waals surface area contributed by atoms with Crippen molar-refractivity contribution in [1.82, 2.24) is 19.9 Å². The molecule has 7 heteroatoms. The second kappa shape index (κ2) is 8.13. The molecule has 2 aromatic carbocycles. The highest BCUT2D eigenvalue weighted by Crippen LogP contribution is 2.42. The van der Waals surface area contributed by atoms with Gasteiger partial charge in [-0.1, -0.05) is 22.9 Å². The molecule has 2 aliphatic rings. The number of benzene rings is 2. The maximum atomic E-state index is 13.3. The third-order valence-electron chi connectivity index (χ3n) is 6.00. The van der Waals surface area contributed by atoms with Crippen LogP contribution < -0.4 is 4.74 Å². The highest BCUT2D eigenvalue weighted by atomic mass is 19.1. The maximum absolute atomic E-state index is 13.3. The minimum atomic E-state index is -0.280. The van der Waals surface area contributed by atoms with Gasteiger partial charge in [-0.15, -0.1) is 5.10 Å². The zero-order valence-electron chi connectivity index (χ0n) is 17.5. The number of likely N-dealkylation sites (tertiary alicyclic amines) is 1. The molecule has 6 nitrogen and oxygen atoms in total. The molecule has 0 radical (unpaired) electrons. The summed E-state index contributed by atoms with van der Waals surface area (Å²) in [5.41, 5.74) is 3.52. The molecule has 2 fully saturated rings. The van der Waals surface area contributed by atoms with Crippen molar-refractivity contribution < 1.29 is 13.9 Å². The zero-order valence-corrected chi connectivity index (χ0v) is 17.5. The van der Waals surface area contributed by atoms with Gasteiger partial charge in [-0.2, -0.15) is 0 Å². The zero-order chi connectivity index (χ0) is 21.4. The minimum Gasteiger partial charge on any atom is -0.490 e. The normalized spacial score (nSPS) is 17.0. The van der Waals surface area contributed by atoms with Gasteiger partial charge in [0.1, 0.15) is 17.7 Å². The first-order chi connectivity index (χ1) is 15.1. The van der Waals surface area contributed by atoms with Crippen LogP contribution in [-0.2, 0) is 0 Å². The summed E-state index contributed by atoms with van der Waals surface area (Å²) in [6.07, 6.45) is 3.60. The van der Waals surface area contributed by atoms with Crippen LogP contribution in [0.1, 0.15) is 53.3 Å². The SMILES string of the molecule is Cc1ccc(-n2nnc(C(=O)N3CCC(Oc4ccc(F)cc4)CC3)c2C2CC2)cc1. The smallest absolute Gasteiger partial charge is 0.276 e. The molecule has 1 saturated carbocycles. The molecule has 31 heavy (non-hydrogen) atoms. The van der Waals surface area contributed by atoms with Gasteiger partial charge in [-0.05, 0) is 56.2 Å². The van der Waals surface area contributed by atoms with Crippen molar-refractivity contribution >= 4 is 5.91 Å². The summed E-state index contributed by atoms with van der Waals surface area (Å²) < 4.78 is 20.9. The standard InChI is InChI=1S/C24H25FN4O2/c1-16-2-8-19(9-3-16)29-23(17-4-5-17)22(26-27-29)24(30)28-14-12-21(13-15-28)31-20-10-6-18(25)7-11-20/h2-3,6-11,17,21H,4-5,12-15H2,1H3. The lowest BCUT2D eigenvalue weighted by Crippen LogP contribution is -2.42. The van der Waals surface area contributed by atoms with Gasteiger partial charge in [0.15, 0.2) is 5.69 Å². The third kappa shape index (κ3) is 4.17. The van der Waals surface area contributed by atoms with Crippen molar-refractivity contribution in [3.05, 3.63) is 71.3 Å². The van der Waals surface area contributed by atoms with Crippen molar-refractivity contribution in [2.45, 2.75) is 44.6 Å². The summed E-state index contributed by atoms with van der Waals surface area (Å²) in [4.78, 5) is 15.1. The number of carbonyl (C=O) groups is 1. The number of aryl methyl sites for hydroxylation is 1. The van der Waals surface area contributed by atoms with E-state index in [1.165, 1.54) is 17.7 Å². The van der Waals surface area contributed by atoms with Crippen LogP contribution in [0.2, 0.25) is 0 Å². The number of amides is 1. The molecule has 1 amide bonds. The Morgan fingerprint density at radius 3 is 2.32 bits per heavy atom. The van der Waals surface area contributed by atoms with Gasteiger partial charge in [-0.3, -0.25) is 4.79 Å². The van der Waals surface area contributed by atoms with Gasteiger partial charge in [0.05, 0.1) is 11.4 Å². The van der Waals surface area contributed by atoms with Crippen molar-refractivity contribution in [2.75, 3.05) is 13.1 Å². The monoisotopic (exact) mass is 420 g/mol. The van der Waals surface area contributed by atoms with Gasteiger partial charge in [0, 0.05) is 31.8 Å². The van der Waals surface area contributed by atoms with Crippen LogP contribution in [0, 0.1) is 12.7 Å². The van der Waals surface area contributed by atoms with E-state index in [1.54, 1.807) is 12.1 Å². The number of hydrogen-bond acceptors (Lipinski definition) is 4. The van der Waals surface area contributed by atoms with Gasteiger partial charge in [-0.25, -0.2) is 9.07 Å². The van der Waals surface area contributed by atoms with E-state index in [0.29, 0.717) is 30.5 Å². The molecule has 1 saturated heterocycles. The Labute approximate surface area is 180 Å². The highest BCUT2D eigenvalue weighted by molar-refractivity contribution is 5.93. The fourth-order valence-corrected chi connectivity index (χ4v) is 4.07. The number of carbonyl (C=O) groups excluding carboxylic acids is 1. The van der Waals surface area contributed by atoms with Gasteiger partial charge in [0.2, 0.25) is 0 Å². The fraction of sp³-hybridized carbons (Fsp3) is 0.375. The van der Waals surface area contributed by atoms with E-state index in [4.69, 9.17) is 4.74 Å². The molecule has 1 aliphatic carbocycles. The second-order valence-electron chi connectivity index (χ2n) is 8.41. The van der Waals surface area contributed by atoms with E-state index in [1.807, 2.05) is 40.8 Å². The van der Waals surface area contributed by atoms with E-state index in [-0.39, 0.29) is 17.8 Å². The lowest BCUT2D eigenvalue weighted by atomic mass is 10.1. The number of halogens is 1. The number of piperidine rings is 1. The molecule has 0 bridgehead atoms. The lowest BCUT2D eigenvalue weighted by molar-refractivity contribution is 0.0589. The molecule has 160 valence electrons. The van der Waals surface area contributed by atoms with E-state index in [0.717, 1.165) is 37.1 Å². The molecule has 3 aromatic rings. The number of ether oxygens (including phenoxy) is 1. The average Bonchev–Trinajstić information content (AvgIpc) is 3.54. The van der Waals surface area contributed by atoms with Crippen LogP contribution in [0.4, 0.5) is 4.39 Å². The summed E-state index contributed by atoms with van der Waals surface area (Å²) in [5, 5.41) is 8.64. The molecule has 2 heterocycles. The topological polar surface area (TPSA) is 60.2 Å².